The second-order valence-electron chi connectivity index (χ2n) is 1.73. The Labute approximate surface area is 72.9 Å². The first-order chi connectivity index (χ1) is 5.15. The van der Waals surface area contributed by atoms with Gasteiger partial charge in [-0.05, 0) is 0 Å². The van der Waals surface area contributed by atoms with E-state index >= 15 is 0 Å². The Morgan fingerprint density at radius 1 is 1.82 bits per heavy atom. The van der Waals surface area contributed by atoms with Gasteiger partial charge in [0, 0.05) is 6.07 Å². The molecule has 60 valence electrons. The van der Waals surface area contributed by atoms with Gasteiger partial charge < -0.3 is 9.94 Å². The lowest BCUT2D eigenvalue weighted by Crippen LogP contribution is -2.02. The molecule has 11 heavy (non-hydrogen) atoms. The molecule has 0 aromatic carbocycles. The molecule has 0 bridgehead atoms. The van der Waals surface area contributed by atoms with Gasteiger partial charge in [0.05, 0.1) is 7.11 Å². The molecule has 0 atom stereocenters. The zero-order valence-corrected chi connectivity index (χ0v) is 7.19. The highest BCUT2D eigenvalue weighted by molar-refractivity contribution is 7.71. The van der Waals surface area contributed by atoms with Gasteiger partial charge in [-0.15, -0.1) is 0 Å². The molecule has 0 saturated carbocycles. The summed E-state index contributed by atoms with van der Waals surface area (Å²) in [6.07, 6.45) is 0. The summed E-state index contributed by atoms with van der Waals surface area (Å²) in [4.78, 5) is 0.496. The van der Waals surface area contributed by atoms with E-state index in [1.165, 1.54) is 13.2 Å². The summed E-state index contributed by atoms with van der Waals surface area (Å²) >= 11 is 10.3. The minimum Gasteiger partial charge on any atom is -0.479 e. The van der Waals surface area contributed by atoms with Gasteiger partial charge in [-0.25, -0.2) is 0 Å². The van der Waals surface area contributed by atoms with Crippen LogP contribution in [0.25, 0.3) is 0 Å². The first-order valence-electron chi connectivity index (χ1n) is 2.68. The van der Waals surface area contributed by atoms with Crippen molar-refractivity contribution >= 4 is 23.8 Å². The lowest BCUT2D eigenvalue weighted by Gasteiger charge is -2.01. The van der Waals surface area contributed by atoms with Gasteiger partial charge in [0.2, 0.25) is 0 Å². The Kier molecular flexibility index (Phi) is 2.31. The zero-order chi connectivity index (χ0) is 8.43. The molecule has 0 spiro atoms. The standard InChI is InChI=1S/C5H5ClN2O2S/c1-10-5-3(11)2-4(6)8(9)7-5/h2,9H,1H3. The van der Waals surface area contributed by atoms with Crippen LogP contribution in [0, 0.1) is 4.51 Å². The monoisotopic (exact) mass is 192 g/mol. The molecule has 0 aliphatic carbocycles. The number of rotatable bonds is 1. The molecule has 1 aromatic rings. The largest absolute Gasteiger partial charge is 0.479 e. The van der Waals surface area contributed by atoms with Crippen molar-refractivity contribution in [1.29, 1.82) is 0 Å². The van der Waals surface area contributed by atoms with Gasteiger partial charge in [-0.1, -0.05) is 33.8 Å². The molecule has 1 rings (SSSR count). The van der Waals surface area contributed by atoms with Crippen LogP contribution in [0.2, 0.25) is 5.15 Å². The van der Waals surface area contributed by atoms with Crippen LogP contribution in [0.15, 0.2) is 6.07 Å². The summed E-state index contributed by atoms with van der Waals surface area (Å²) in [5.74, 6) is 0.173. The van der Waals surface area contributed by atoms with Crippen LogP contribution in [0.5, 0.6) is 5.88 Å². The van der Waals surface area contributed by atoms with Crippen LogP contribution >= 0.6 is 23.8 Å². The number of methoxy groups -OCH3 is 1. The minimum atomic E-state index is 0.0517. The lowest BCUT2D eigenvalue weighted by molar-refractivity contribution is 0.137. The van der Waals surface area contributed by atoms with Crippen molar-refractivity contribution in [3.05, 3.63) is 15.7 Å². The first-order valence-corrected chi connectivity index (χ1v) is 3.47. The van der Waals surface area contributed by atoms with Crippen LogP contribution < -0.4 is 4.74 Å². The second kappa shape index (κ2) is 3.06. The fraction of sp³-hybridized carbons (Fsp3) is 0.200. The summed E-state index contributed by atoms with van der Waals surface area (Å²) < 4.78 is 5.09. The van der Waals surface area contributed by atoms with E-state index in [4.69, 9.17) is 33.8 Å². The smallest absolute Gasteiger partial charge is 0.253 e. The zero-order valence-electron chi connectivity index (χ0n) is 5.61. The third kappa shape index (κ3) is 1.61. The van der Waals surface area contributed by atoms with E-state index in [0.29, 0.717) is 9.36 Å². The number of hydrogen-bond acceptors (Lipinski definition) is 4. The SMILES string of the molecule is COc1nn(O)c(Cl)cc1=S. The van der Waals surface area contributed by atoms with Crippen molar-refractivity contribution in [3.63, 3.8) is 0 Å². The van der Waals surface area contributed by atoms with Crippen molar-refractivity contribution in [1.82, 2.24) is 9.94 Å². The highest BCUT2D eigenvalue weighted by Gasteiger charge is 2.01. The summed E-state index contributed by atoms with van der Waals surface area (Å²) in [5.41, 5.74) is 0. The Bertz CT molecular complexity index is 325. The number of nitrogens with zero attached hydrogens (tertiary/aromatic N) is 2. The third-order valence-electron chi connectivity index (χ3n) is 1.03. The highest BCUT2D eigenvalue weighted by Crippen LogP contribution is 2.13. The van der Waals surface area contributed by atoms with Crippen LogP contribution in [0.4, 0.5) is 0 Å². The number of aromatic nitrogens is 2. The van der Waals surface area contributed by atoms with Crippen molar-refractivity contribution in [3.8, 4) is 5.88 Å². The second-order valence-corrected chi connectivity index (χ2v) is 2.56. The molecule has 0 aliphatic rings. The molecule has 6 heteroatoms. The molecular weight excluding hydrogens is 188 g/mol. The van der Waals surface area contributed by atoms with Crippen molar-refractivity contribution in [2.24, 2.45) is 0 Å². The quantitative estimate of drug-likeness (QED) is 0.541. The fourth-order valence-corrected chi connectivity index (χ4v) is 1.000. The molecule has 0 amide bonds. The van der Waals surface area contributed by atoms with Gasteiger partial charge >= 0.3 is 0 Å². The van der Waals surface area contributed by atoms with E-state index < -0.39 is 0 Å². The summed E-state index contributed by atoms with van der Waals surface area (Å²) in [6.45, 7) is 0. The van der Waals surface area contributed by atoms with Gasteiger partial charge in [0.15, 0.2) is 5.15 Å². The molecule has 1 N–H and O–H groups in total. The first kappa shape index (κ1) is 8.29. The predicted molar refractivity (Wildman–Crippen MR) is 41.8 cm³/mol. The fourth-order valence-electron chi connectivity index (χ4n) is 0.552. The van der Waals surface area contributed by atoms with E-state index in [2.05, 4.69) is 5.10 Å². The van der Waals surface area contributed by atoms with E-state index in [1.807, 2.05) is 0 Å². The van der Waals surface area contributed by atoms with E-state index in [9.17, 15) is 0 Å². The van der Waals surface area contributed by atoms with Crippen LogP contribution in [0.3, 0.4) is 0 Å². The molecule has 0 aliphatic heterocycles. The molecule has 0 radical (unpaired) electrons. The molecule has 4 nitrogen and oxygen atoms in total. The van der Waals surface area contributed by atoms with Gasteiger partial charge in [0.25, 0.3) is 5.88 Å². The molecule has 1 aromatic heterocycles. The topological polar surface area (TPSA) is 47.3 Å². The molecular formula is C5H5ClN2O2S. The highest BCUT2D eigenvalue weighted by atomic mass is 35.5. The normalized spacial score (nSPS) is 9.64. The maximum Gasteiger partial charge on any atom is 0.253 e. The Morgan fingerprint density at radius 2 is 2.45 bits per heavy atom. The average Bonchev–Trinajstić information content (AvgIpc) is 1.97. The van der Waals surface area contributed by atoms with Crippen molar-refractivity contribution < 1.29 is 9.94 Å². The summed E-state index contributed by atoms with van der Waals surface area (Å²) in [5, 5.41) is 12.5. The summed E-state index contributed by atoms with van der Waals surface area (Å²) in [6, 6.07) is 1.38. The number of halogens is 1. The van der Waals surface area contributed by atoms with Crippen LogP contribution in [-0.4, -0.2) is 22.3 Å². The van der Waals surface area contributed by atoms with E-state index in [0.717, 1.165) is 0 Å². The Balaban J connectivity index is 3.32. The van der Waals surface area contributed by atoms with Gasteiger partial charge in [-0.2, -0.15) is 0 Å². The van der Waals surface area contributed by atoms with E-state index in [1.54, 1.807) is 0 Å². The molecule has 0 unspecified atom stereocenters. The molecule has 0 fully saturated rings. The Hall–Kier alpha value is -0.810. The molecule has 1 heterocycles. The van der Waals surface area contributed by atoms with Crippen molar-refractivity contribution in [2.45, 2.75) is 0 Å². The van der Waals surface area contributed by atoms with Gasteiger partial charge in [-0.3, -0.25) is 0 Å². The van der Waals surface area contributed by atoms with Gasteiger partial charge in [0.1, 0.15) is 4.51 Å². The van der Waals surface area contributed by atoms with Crippen LogP contribution in [0.1, 0.15) is 0 Å². The van der Waals surface area contributed by atoms with Crippen LogP contribution in [-0.2, 0) is 0 Å². The van der Waals surface area contributed by atoms with E-state index in [-0.39, 0.29) is 11.0 Å². The Morgan fingerprint density at radius 3 is 3.00 bits per heavy atom. The maximum absolute atomic E-state index is 8.90. The third-order valence-corrected chi connectivity index (χ3v) is 1.58. The lowest BCUT2D eigenvalue weighted by atomic mass is 10.6. The molecule has 0 saturated heterocycles. The number of ether oxygens (including phenoxy) is 1. The minimum absolute atomic E-state index is 0.0517. The number of hydrogen-bond donors (Lipinski definition) is 1. The predicted octanol–water partition coefficient (Wildman–Crippen LogP) is 1.51. The van der Waals surface area contributed by atoms with Crippen molar-refractivity contribution in [2.75, 3.05) is 7.11 Å². The summed E-state index contributed by atoms with van der Waals surface area (Å²) in [7, 11) is 1.41. The maximum atomic E-state index is 8.90. The average molecular weight is 193 g/mol.